The number of aromatic nitrogens is 2. The number of carbonyl (C=O) groups is 2. The molecule has 3 aliphatic rings. The Balaban J connectivity index is 1.51. The van der Waals surface area contributed by atoms with Gasteiger partial charge in [-0.1, -0.05) is 46.8 Å². The molecule has 0 fully saturated rings. The number of aliphatic hydroxyl groups excluding tert-OH is 2. The minimum absolute atomic E-state index is 0.0586. The molecule has 1 spiro atoms. The summed E-state index contributed by atoms with van der Waals surface area (Å²) >= 11 is 0. The van der Waals surface area contributed by atoms with Crippen LogP contribution in [0.1, 0.15) is 74.7 Å². The number of oxazole rings is 2. The highest BCUT2D eigenvalue weighted by Gasteiger charge is 2.61. The Morgan fingerprint density at radius 3 is 2.64 bits per heavy atom. The van der Waals surface area contributed by atoms with Gasteiger partial charge >= 0.3 is 0 Å². The standard InChI is InChI=1S/C34H36FN5O7/c1-15(2)25(42)29(44)37-22-11-16-6-9-23-20(10-16)34(19-12-17(35)7-8-21(19)38-32(34)46-23)27-24(30-36-18(13-41)14-45-30)39-31(47-27)26(33(3,4)5)40-28(22)43/h6-10,12,14-15,22,25-26,32,38,41-42H,11,13H2,1-5H3,(H,37,44)(H,40,43)/t22-,25+,26+,32+,34-/m0/s1. The molecule has 5 N–H and O–H groups in total. The molecular formula is C34H36FN5O7. The molecular weight excluding hydrogens is 609 g/mol. The van der Waals surface area contributed by atoms with E-state index in [4.69, 9.17) is 18.6 Å². The van der Waals surface area contributed by atoms with E-state index in [2.05, 4.69) is 20.9 Å². The second kappa shape index (κ2) is 10.9. The van der Waals surface area contributed by atoms with Gasteiger partial charge in [-0.05, 0) is 41.2 Å². The van der Waals surface area contributed by atoms with Crippen LogP contribution in [0, 0.1) is 17.2 Å². The maximum absolute atomic E-state index is 15.1. The molecule has 12 nitrogen and oxygen atoms in total. The molecule has 13 heteroatoms. The third-order valence-electron chi connectivity index (χ3n) is 9.09. The Bertz CT molecular complexity index is 1900. The largest absolute Gasteiger partial charge is 0.469 e. The lowest BCUT2D eigenvalue weighted by Crippen LogP contribution is -2.53. The summed E-state index contributed by atoms with van der Waals surface area (Å²) in [5.74, 6) is -1.09. The van der Waals surface area contributed by atoms with E-state index in [1.165, 1.54) is 18.4 Å². The van der Waals surface area contributed by atoms with Crippen LogP contribution < -0.4 is 20.7 Å². The minimum atomic E-state index is -1.32. The van der Waals surface area contributed by atoms with Crippen LogP contribution in [0.4, 0.5) is 10.1 Å². The van der Waals surface area contributed by atoms with Crippen LogP contribution in [0.25, 0.3) is 11.6 Å². The van der Waals surface area contributed by atoms with Crippen molar-refractivity contribution in [2.24, 2.45) is 11.3 Å². The SMILES string of the molecule is CC(C)[C@@H](O)C(=O)N[C@H]1Cc2ccc3c(c2)[C@@]2(c4cc(F)ccc4N[C@@H]2O3)c2oc(nc2-c2nc(CO)co2)[C@H](C(C)(C)C)NC1=O. The van der Waals surface area contributed by atoms with Gasteiger partial charge in [0, 0.05) is 23.2 Å². The average Bonchev–Trinajstić information content (AvgIpc) is 3.79. The third-order valence-corrected chi connectivity index (χ3v) is 9.09. The lowest BCUT2D eigenvalue weighted by Gasteiger charge is -2.32. The molecule has 3 aliphatic heterocycles. The van der Waals surface area contributed by atoms with Gasteiger partial charge in [-0.2, -0.15) is 0 Å². The van der Waals surface area contributed by atoms with E-state index >= 15 is 4.39 Å². The van der Waals surface area contributed by atoms with Gasteiger partial charge in [0.2, 0.25) is 23.6 Å². The normalized spacial score (nSPS) is 23.5. The zero-order valence-corrected chi connectivity index (χ0v) is 26.6. The Labute approximate surface area is 269 Å². The number of hydrogen-bond donors (Lipinski definition) is 5. The second-order valence-electron chi connectivity index (χ2n) is 13.8. The number of hydrogen-bond acceptors (Lipinski definition) is 10. The van der Waals surface area contributed by atoms with Crippen LogP contribution in [0.2, 0.25) is 0 Å². The molecule has 246 valence electrons. The number of aliphatic hydroxyl groups is 2. The molecule has 0 aliphatic carbocycles. The Hall–Kier alpha value is -4.75. The van der Waals surface area contributed by atoms with Gasteiger partial charge < -0.3 is 39.7 Å². The first-order chi connectivity index (χ1) is 22.3. The maximum Gasteiger partial charge on any atom is 0.249 e. The van der Waals surface area contributed by atoms with Gasteiger partial charge in [-0.3, -0.25) is 9.59 Å². The predicted octanol–water partition coefficient (Wildman–Crippen LogP) is 3.70. The van der Waals surface area contributed by atoms with E-state index in [1.54, 1.807) is 32.0 Å². The quantitative estimate of drug-likeness (QED) is 0.216. The molecule has 47 heavy (non-hydrogen) atoms. The van der Waals surface area contributed by atoms with Crippen molar-refractivity contribution < 1.29 is 37.8 Å². The molecule has 0 saturated heterocycles. The number of nitrogens with zero attached hydrogens (tertiary/aromatic N) is 2. The molecule has 0 radical (unpaired) electrons. The maximum atomic E-state index is 15.1. The second-order valence-corrected chi connectivity index (χ2v) is 13.8. The number of rotatable bonds is 5. The van der Waals surface area contributed by atoms with Gasteiger partial charge in [0.1, 0.15) is 47.1 Å². The molecule has 0 saturated carbocycles. The number of amides is 2. The van der Waals surface area contributed by atoms with Crippen LogP contribution in [0.5, 0.6) is 5.75 Å². The summed E-state index contributed by atoms with van der Waals surface area (Å²) in [6.45, 7) is 8.76. The summed E-state index contributed by atoms with van der Waals surface area (Å²) in [4.78, 5) is 36.4. The molecule has 2 amide bonds. The first-order valence-electron chi connectivity index (χ1n) is 15.5. The van der Waals surface area contributed by atoms with E-state index in [1.807, 2.05) is 26.8 Å². The van der Waals surface area contributed by atoms with E-state index in [-0.39, 0.29) is 47.9 Å². The smallest absolute Gasteiger partial charge is 0.249 e. The lowest BCUT2D eigenvalue weighted by molar-refractivity contribution is -0.136. The van der Waals surface area contributed by atoms with Crippen molar-refractivity contribution in [2.75, 3.05) is 5.32 Å². The van der Waals surface area contributed by atoms with E-state index < -0.39 is 52.9 Å². The number of anilines is 1. The molecule has 0 unspecified atom stereocenters. The Morgan fingerprint density at radius 1 is 1.15 bits per heavy atom. The van der Waals surface area contributed by atoms with E-state index in [0.717, 1.165) is 0 Å². The molecule has 4 aromatic rings. The summed E-state index contributed by atoms with van der Waals surface area (Å²) in [5.41, 5.74) is 0.952. The highest BCUT2D eigenvalue weighted by atomic mass is 19.1. The van der Waals surface area contributed by atoms with Gasteiger partial charge in [0.15, 0.2) is 17.7 Å². The van der Waals surface area contributed by atoms with Crippen molar-refractivity contribution in [3.05, 3.63) is 82.5 Å². The summed E-state index contributed by atoms with van der Waals surface area (Å²) in [5, 5.41) is 29.4. The molecule has 2 aromatic carbocycles. The molecule has 5 atom stereocenters. The van der Waals surface area contributed by atoms with E-state index in [0.29, 0.717) is 28.1 Å². The molecule has 2 aromatic heterocycles. The summed E-state index contributed by atoms with van der Waals surface area (Å²) in [6, 6.07) is 7.93. The van der Waals surface area contributed by atoms with Crippen LogP contribution >= 0.6 is 0 Å². The van der Waals surface area contributed by atoms with Crippen LogP contribution in [-0.2, 0) is 28.0 Å². The van der Waals surface area contributed by atoms with Crippen LogP contribution in [0.15, 0.2) is 51.5 Å². The van der Waals surface area contributed by atoms with Gasteiger partial charge in [0.25, 0.3) is 0 Å². The number of halogens is 1. The van der Waals surface area contributed by atoms with Crippen molar-refractivity contribution >= 4 is 17.5 Å². The first kappa shape index (κ1) is 30.9. The predicted molar refractivity (Wildman–Crippen MR) is 166 cm³/mol. The Kier molecular flexibility index (Phi) is 7.17. The van der Waals surface area contributed by atoms with Gasteiger partial charge in [0.05, 0.1) is 6.61 Å². The molecule has 5 heterocycles. The monoisotopic (exact) mass is 645 g/mol. The zero-order valence-electron chi connectivity index (χ0n) is 26.6. The number of ether oxygens (including phenoxy) is 1. The summed E-state index contributed by atoms with van der Waals surface area (Å²) < 4.78 is 34.1. The first-order valence-corrected chi connectivity index (χ1v) is 15.5. The van der Waals surface area contributed by atoms with Crippen molar-refractivity contribution in [3.8, 4) is 17.3 Å². The molecule has 7 rings (SSSR count). The highest BCUT2D eigenvalue weighted by Crippen LogP contribution is 2.59. The third kappa shape index (κ3) is 4.87. The average molecular weight is 646 g/mol. The highest BCUT2D eigenvalue weighted by molar-refractivity contribution is 5.90. The number of nitrogens with one attached hydrogen (secondary N) is 3. The number of carbonyl (C=O) groups excluding carboxylic acids is 2. The van der Waals surface area contributed by atoms with Crippen molar-refractivity contribution in [1.82, 2.24) is 20.6 Å². The van der Waals surface area contributed by atoms with Gasteiger partial charge in [-0.25, -0.2) is 14.4 Å². The van der Waals surface area contributed by atoms with Crippen molar-refractivity contribution in [1.29, 1.82) is 0 Å². The van der Waals surface area contributed by atoms with Crippen molar-refractivity contribution in [2.45, 2.75) is 77.5 Å². The van der Waals surface area contributed by atoms with Crippen LogP contribution in [-0.4, -0.2) is 50.4 Å². The fraction of sp³-hybridized carbons (Fsp3) is 0.412. The van der Waals surface area contributed by atoms with Crippen LogP contribution in [0.3, 0.4) is 0 Å². The van der Waals surface area contributed by atoms with Crippen molar-refractivity contribution in [3.63, 3.8) is 0 Å². The lowest BCUT2D eigenvalue weighted by atomic mass is 9.72. The van der Waals surface area contributed by atoms with Gasteiger partial charge in [-0.15, -0.1) is 0 Å². The molecule has 4 bridgehead atoms. The fourth-order valence-electron chi connectivity index (χ4n) is 6.63. The zero-order chi connectivity index (χ0) is 33.4. The Morgan fingerprint density at radius 2 is 1.94 bits per heavy atom. The summed E-state index contributed by atoms with van der Waals surface area (Å²) in [6.07, 6.45) is -0.720. The number of fused-ring (bicyclic) bond motifs is 4. The summed E-state index contributed by atoms with van der Waals surface area (Å²) in [7, 11) is 0. The van der Waals surface area contributed by atoms with E-state index in [9.17, 15) is 19.8 Å². The number of benzene rings is 2. The fourth-order valence-corrected chi connectivity index (χ4v) is 6.63. The minimum Gasteiger partial charge on any atom is -0.469 e. The topological polar surface area (TPSA) is 172 Å².